The highest BCUT2D eigenvalue weighted by Gasteiger charge is 2.13. The van der Waals surface area contributed by atoms with Crippen molar-refractivity contribution in [3.8, 4) is 17.2 Å². The summed E-state index contributed by atoms with van der Waals surface area (Å²) < 4.78 is 20.8. The van der Waals surface area contributed by atoms with Gasteiger partial charge in [-0.3, -0.25) is 9.59 Å². The molecule has 0 aliphatic rings. The second-order valence-electron chi connectivity index (χ2n) is 6.49. The number of rotatable bonds is 11. The van der Waals surface area contributed by atoms with E-state index in [-0.39, 0.29) is 25.5 Å². The molecule has 0 radical (unpaired) electrons. The van der Waals surface area contributed by atoms with Gasteiger partial charge < -0.3 is 24.3 Å². The van der Waals surface area contributed by atoms with Gasteiger partial charge in [-0.1, -0.05) is 12.1 Å². The Balaban J connectivity index is 1.85. The number of benzene rings is 2. The Kier molecular flexibility index (Phi) is 10.2. The van der Waals surface area contributed by atoms with Crippen LogP contribution in [0.4, 0.5) is 0 Å². The number of nitrogens with zero attached hydrogens (tertiary/aromatic N) is 1. The zero-order valence-electron chi connectivity index (χ0n) is 18.3. The SMILES string of the molecule is COC(=O)COc1c(Br)cc(/C=N/NC(=O)CNC(=O)Cc2ccc(OC)cc2)cc1OC. The van der Waals surface area contributed by atoms with Crippen molar-refractivity contribution < 1.29 is 33.3 Å². The average molecular weight is 522 g/mol. The number of methoxy groups -OCH3 is 3. The highest BCUT2D eigenvalue weighted by Crippen LogP contribution is 2.36. The van der Waals surface area contributed by atoms with Gasteiger partial charge in [0.2, 0.25) is 5.91 Å². The van der Waals surface area contributed by atoms with E-state index < -0.39 is 11.9 Å². The van der Waals surface area contributed by atoms with Gasteiger partial charge in [-0.25, -0.2) is 10.2 Å². The van der Waals surface area contributed by atoms with E-state index in [0.29, 0.717) is 27.3 Å². The Morgan fingerprint density at radius 2 is 1.76 bits per heavy atom. The fraction of sp³-hybridized carbons (Fsp3) is 0.273. The molecule has 0 spiro atoms. The van der Waals surface area contributed by atoms with Crippen LogP contribution in [-0.2, 0) is 25.5 Å². The second-order valence-corrected chi connectivity index (χ2v) is 7.35. The van der Waals surface area contributed by atoms with Crippen molar-refractivity contribution in [3.05, 3.63) is 52.0 Å². The van der Waals surface area contributed by atoms with Crippen LogP contribution in [0, 0.1) is 0 Å². The number of halogens is 1. The van der Waals surface area contributed by atoms with Gasteiger partial charge in [0.05, 0.1) is 45.0 Å². The van der Waals surface area contributed by atoms with Crippen LogP contribution >= 0.6 is 15.9 Å². The molecule has 176 valence electrons. The molecule has 2 N–H and O–H groups in total. The molecule has 0 saturated carbocycles. The summed E-state index contributed by atoms with van der Waals surface area (Å²) >= 11 is 3.35. The fourth-order valence-electron chi connectivity index (χ4n) is 2.53. The average Bonchev–Trinajstić information content (AvgIpc) is 2.82. The van der Waals surface area contributed by atoms with Crippen LogP contribution in [0.1, 0.15) is 11.1 Å². The van der Waals surface area contributed by atoms with Crippen molar-refractivity contribution in [2.45, 2.75) is 6.42 Å². The quantitative estimate of drug-likeness (QED) is 0.262. The minimum Gasteiger partial charge on any atom is -0.497 e. The standard InChI is InChI=1S/C22H24BrN3O7/c1-30-16-6-4-14(5-7-16)10-19(27)24-12-20(28)26-25-11-15-8-17(23)22(18(9-15)31-2)33-13-21(29)32-3/h4-9,11H,10,12-13H2,1-3H3,(H,24,27)(H,26,28)/b25-11+. The molecule has 2 rings (SSSR count). The summed E-state index contributed by atoms with van der Waals surface area (Å²) in [4.78, 5) is 35.2. The first-order chi connectivity index (χ1) is 15.9. The van der Waals surface area contributed by atoms with Gasteiger partial charge in [0.25, 0.3) is 5.91 Å². The molecule has 0 saturated heterocycles. The number of hydrazone groups is 1. The molecule has 0 unspecified atom stereocenters. The van der Waals surface area contributed by atoms with Gasteiger partial charge in [-0.15, -0.1) is 0 Å². The van der Waals surface area contributed by atoms with E-state index >= 15 is 0 Å². The van der Waals surface area contributed by atoms with Crippen LogP contribution in [0.15, 0.2) is 46.0 Å². The number of carbonyl (C=O) groups is 3. The molecule has 0 bridgehead atoms. The zero-order valence-corrected chi connectivity index (χ0v) is 19.9. The zero-order chi connectivity index (χ0) is 24.2. The lowest BCUT2D eigenvalue weighted by Crippen LogP contribution is -2.35. The monoisotopic (exact) mass is 521 g/mol. The Labute approximate surface area is 199 Å². The number of ether oxygens (including phenoxy) is 4. The van der Waals surface area contributed by atoms with Crippen LogP contribution in [0.2, 0.25) is 0 Å². The van der Waals surface area contributed by atoms with E-state index in [0.717, 1.165) is 5.56 Å². The molecule has 0 heterocycles. The Morgan fingerprint density at radius 1 is 1.03 bits per heavy atom. The summed E-state index contributed by atoms with van der Waals surface area (Å²) in [6.45, 7) is -0.501. The minimum absolute atomic E-state index is 0.138. The Morgan fingerprint density at radius 3 is 2.39 bits per heavy atom. The van der Waals surface area contributed by atoms with Crippen LogP contribution < -0.4 is 25.0 Å². The fourth-order valence-corrected chi connectivity index (χ4v) is 3.11. The highest BCUT2D eigenvalue weighted by molar-refractivity contribution is 9.10. The second kappa shape index (κ2) is 13.1. The summed E-state index contributed by atoms with van der Waals surface area (Å²) in [6, 6.07) is 10.4. The normalized spacial score (nSPS) is 10.4. The molecule has 10 nitrogen and oxygen atoms in total. The molecule has 2 aromatic rings. The summed E-state index contributed by atoms with van der Waals surface area (Å²) in [6.07, 6.45) is 1.53. The highest BCUT2D eigenvalue weighted by atomic mass is 79.9. The molecule has 0 atom stereocenters. The first kappa shape index (κ1) is 25.7. The summed E-state index contributed by atoms with van der Waals surface area (Å²) in [5.74, 6) is 0.0576. The molecular weight excluding hydrogens is 498 g/mol. The van der Waals surface area contributed by atoms with Crippen LogP contribution in [-0.4, -0.2) is 58.5 Å². The van der Waals surface area contributed by atoms with E-state index in [1.807, 2.05) is 0 Å². The summed E-state index contributed by atoms with van der Waals surface area (Å²) in [5, 5.41) is 6.41. The number of hydrogen-bond acceptors (Lipinski definition) is 8. The van der Waals surface area contributed by atoms with Crippen molar-refractivity contribution in [1.29, 1.82) is 0 Å². The van der Waals surface area contributed by atoms with Gasteiger partial charge in [0, 0.05) is 0 Å². The van der Waals surface area contributed by atoms with Gasteiger partial charge in [0.15, 0.2) is 18.1 Å². The van der Waals surface area contributed by atoms with E-state index in [1.165, 1.54) is 20.4 Å². The molecule has 33 heavy (non-hydrogen) atoms. The molecule has 0 aliphatic carbocycles. The summed E-state index contributed by atoms with van der Waals surface area (Å²) in [7, 11) is 4.28. The topological polar surface area (TPSA) is 125 Å². The molecular formula is C22H24BrN3O7. The first-order valence-corrected chi connectivity index (χ1v) is 10.4. The third-order valence-corrected chi connectivity index (χ3v) is 4.78. The Bertz CT molecular complexity index is 1010. The summed E-state index contributed by atoms with van der Waals surface area (Å²) in [5.41, 5.74) is 3.72. The number of esters is 1. The maximum absolute atomic E-state index is 12.0. The van der Waals surface area contributed by atoms with Crippen LogP contribution in [0.25, 0.3) is 0 Å². The molecule has 2 amide bonds. The van der Waals surface area contributed by atoms with Gasteiger partial charge in [-0.2, -0.15) is 5.10 Å². The lowest BCUT2D eigenvalue weighted by atomic mass is 10.1. The number of carbonyl (C=O) groups excluding carboxylic acids is 3. The minimum atomic E-state index is -0.534. The van der Waals surface area contributed by atoms with Crippen molar-refractivity contribution in [2.75, 3.05) is 34.5 Å². The first-order valence-electron chi connectivity index (χ1n) is 9.65. The predicted octanol–water partition coefficient (Wildman–Crippen LogP) is 1.83. The maximum Gasteiger partial charge on any atom is 0.343 e. The van der Waals surface area contributed by atoms with Gasteiger partial charge >= 0.3 is 5.97 Å². The third-order valence-electron chi connectivity index (χ3n) is 4.19. The van der Waals surface area contributed by atoms with Crippen molar-refractivity contribution >= 4 is 39.9 Å². The molecule has 0 aliphatic heterocycles. The van der Waals surface area contributed by atoms with Crippen LogP contribution in [0.3, 0.4) is 0 Å². The third kappa shape index (κ3) is 8.45. The van der Waals surface area contributed by atoms with E-state index in [4.69, 9.17) is 14.2 Å². The van der Waals surface area contributed by atoms with E-state index in [2.05, 4.69) is 36.5 Å². The lowest BCUT2D eigenvalue weighted by molar-refractivity contribution is -0.143. The number of amides is 2. The van der Waals surface area contributed by atoms with Crippen LogP contribution in [0.5, 0.6) is 17.2 Å². The number of hydrogen-bond donors (Lipinski definition) is 2. The molecule has 11 heteroatoms. The number of nitrogens with one attached hydrogen (secondary N) is 2. The van der Waals surface area contributed by atoms with E-state index in [1.54, 1.807) is 43.5 Å². The maximum atomic E-state index is 12.0. The lowest BCUT2D eigenvalue weighted by Gasteiger charge is -2.12. The van der Waals surface area contributed by atoms with Crippen molar-refractivity contribution in [3.63, 3.8) is 0 Å². The van der Waals surface area contributed by atoms with Crippen molar-refractivity contribution in [1.82, 2.24) is 10.7 Å². The Hall–Kier alpha value is -3.60. The molecule has 0 fully saturated rings. The van der Waals surface area contributed by atoms with E-state index in [9.17, 15) is 14.4 Å². The van der Waals surface area contributed by atoms with Gasteiger partial charge in [0.1, 0.15) is 5.75 Å². The van der Waals surface area contributed by atoms with Gasteiger partial charge in [-0.05, 0) is 51.3 Å². The smallest absolute Gasteiger partial charge is 0.343 e. The molecule has 0 aromatic heterocycles. The largest absolute Gasteiger partial charge is 0.497 e. The van der Waals surface area contributed by atoms with Crippen molar-refractivity contribution in [2.24, 2.45) is 5.10 Å². The predicted molar refractivity (Wildman–Crippen MR) is 124 cm³/mol. The molecule has 2 aromatic carbocycles.